The summed E-state index contributed by atoms with van der Waals surface area (Å²) < 4.78 is 14.0. The molecule has 0 radical (unpaired) electrons. The number of aromatic amines is 1. The number of hydrogen-bond donors (Lipinski definition) is 2. The van der Waals surface area contributed by atoms with Crippen molar-refractivity contribution in [2.24, 2.45) is 0 Å². The highest BCUT2D eigenvalue weighted by Crippen LogP contribution is 2.30. The van der Waals surface area contributed by atoms with Crippen LogP contribution in [0.25, 0.3) is 22.4 Å². The molecular weight excluding hydrogens is 279 g/mol. The van der Waals surface area contributed by atoms with E-state index in [0.717, 1.165) is 35.4 Å². The van der Waals surface area contributed by atoms with Crippen LogP contribution in [-0.2, 0) is 0 Å². The lowest BCUT2D eigenvalue weighted by atomic mass is 9.93. The normalized spacial score (nSPS) is 15.0. The van der Waals surface area contributed by atoms with Gasteiger partial charge in [-0.2, -0.15) is 0 Å². The van der Waals surface area contributed by atoms with Gasteiger partial charge in [0.05, 0.1) is 10.9 Å². The Bertz CT molecular complexity index is 836. The molecule has 2 aromatic heterocycles. The second-order valence-corrected chi connectivity index (χ2v) is 5.86. The maximum Gasteiger partial charge on any atom is 0.166 e. The molecule has 0 saturated heterocycles. The number of nitrogens with zero attached hydrogens (tertiary/aromatic N) is 2. The van der Waals surface area contributed by atoms with E-state index in [4.69, 9.17) is 0 Å². The summed E-state index contributed by atoms with van der Waals surface area (Å²) in [5, 5.41) is 4.43. The van der Waals surface area contributed by atoms with Crippen LogP contribution in [0, 0.1) is 12.7 Å². The van der Waals surface area contributed by atoms with Crippen LogP contribution in [0.15, 0.2) is 30.3 Å². The SMILES string of the molecule is Cc1cc2c(NC3CCC3)nc(-c3ccccc3F)nc2[nH]1. The van der Waals surface area contributed by atoms with Crippen LogP contribution in [0.1, 0.15) is 25.0 Å². The van der Waals surface area contributed by atoms with Gasteiger partial charge < -0.3 is 10.3 Å². The topological polar surface area (TPSA) is 53.6 Å². The number of aromatic nitrogens is 3. The molecule has 1 aromatic carbocycles. The molecular formula is C17H17FN4. The van der Waals surface area contributed by atoms with Crippen molar-refractivity contribution in [3.05, 3.63) is 41.8 Å². The molecule has 0 spiro atoms. The monoisotopic (exact) mass is 296 g/mol. The fourth-order valence-electron chi connectivity index (χ4n) is 2.76. The van der Waals surface area contributed by atoms with E-state index in [-0.39, 0.29) is 5.82 Å². The largest absolute Gasteiger partial charge is 0.367 e. The first kappa shape index (κ1) is 13.2. The average molecular weight is 296 g/mol. The summed E-state index contributed by atoms with van der Waals surface area (Å²) in [6.45, 7) is 1.98. The van der Waals surface area contributed by atoms with Crippen LogP contribution >= 0.6 is 0 Å². The van der Waals surface area contributed by atoms with Crippen molar-refractivity contribution in [1.82, 2.24) is 15.0 Å². The molecule has 4 rings (SSSR count). The van der Waals surface area contributed by atoms with Gasteiger partial charge in [0.2, 0.25) is 0 Å². The Labute approximate surface area is 127 Å². The zero-order chi connectivity index (χ0) is 15.1. The van der Waals surface area contributed by atoms with Gasteiger partial charge in [-0.25, -0.2) is 14.4 Å². The highest BCUT2D eigenvalue weighted by molar-refractivity contribution is 5.89. The molecule has 2 N–H and O–H groups in total. The van der Waals surface area contributed by atoms with Gasteiger partial charge in [-0.3, -0.25) is 0 Å². The molecule has 0 amide bonds. The van der Waals surface area contributed by atoms with Gasteiger partial charge in [0, 0.05) is 11.7 Å². The quantitative estimate of drug-likeness (QED) is 0.767. The van der Waals surface area contributed by atoms with Crippen LogP contribution in [-0.4, -0.2) is 21.0 Å². The Morgan fingerprint density at radius 3 is 2.77 bits per heavy atom. The van der Waals surface area contributed by atoms with Crippen molar-refractivity contribution in [3.8, 4) is 11.4 Å². The van der Waals surface area contributed by atoms with E-state index in [9.17, 15) is 4.39 Å². The number of fused-ring (bicyclic) bond motifs is 1. The third-order valence-corrected chi connectivity index (χ3v) is 4.18. The summed E-state index contributed by atoms with van der Waals surface area (Å²) in [7, 11) is 0. The second-order valence-electron chi connectivity index (χ2n) is 5.86. The number of anilines is 1. The first-order valence-electron chi connectivity index (χ1n) is 7.59. The number of aryl methyl sites for hydroxylation is 1. The molecule has 1 aliphatic rings. The Balaban J connectivity index is 1.86. The highest BCUT2D eigenvalue weighted by atomic mass is 19.1. The molecule has 22 heavy (non-hydrogen) atoms. The summed E-state index contributed by atoms with van der Waals surface area (Å²) in [5.41, 5.74) is 2.19. The predicted octanol–water partition coefficient (Wildman–Crippen LogP) is 4.04. The number of nitrogens with one attached hydrogen (secondary N) is 2. The summed E-state index contributed by atoms with van der Waals surface area (Å²) in [4.78, 5) is 12.3. The summed E-state index contributed by atoms with van der Waals surface area (Å²) in [5.74, 6) is 0.895. The predicted molar refractivity (Wildman–Crippen MR) is 85.3 cm³/mol. The van der Waals surface area contributed by atoms with Crippen molar-refractivity contribution in [3.63, 3.8) is 0 Å². The zero-order valence-electron chi connectivity index (χ0n) is 12.4. The third-order valence-electron chi connectivity index (χ3n) is 4.18. The zero-order valence-corrected chi connectivity index (χ0v) is 12.4. The first-order valence-corrected chi connectivity index (χ1v) is 7.59. The minimum atomic E-state index is -0.306. The third kappa shape index (κ3) is 2.22. The molecule has 0 atom stereocenters. The van der Waals surface area contributed by atoms with E-state index in [1.54, 1.807) is 18.2 Å². The highest BCUT2D eigenvalue weighted by Gasteiger charge is 2.20. The van der Waals surface area contributed by atoms with Crippen LogP contribution in [0.5, 0.6) is 0 Å². The first-order chi connectivity index (χ1) is 10.7. The van der Waals surface area contributed by atoms with Gasteiger partial charge in [-0.05, 0) is 44.4 Å². The second kappa shape index (κ2) is 5.09. The van der Waals surface area contributed by atoms with E-state index < -0.39 is 0 Å². The minimum absolute atomic E-state index is 0.306. The molecule has 0 unspecified atom stereocenters. The molecule has 4 nitrogen and oxygen atoms in total. The number of rotatable bonds is 3. The number of H-pyrrole nitrogens is 1. The van der Waals surface area contributed by atoms with E-state index in [2.05, 4.69) is 20.3 Å². The molecule has 1 fully saturated rings. The Kier molecular flexibility index (Phi) is 3.06. The van der Waals surface area contributed by atoms with Crippen molar-refractivity contribution < 1.29 is 4.39 Å². The van der Waals surface area contributed by atoms with E-state index >= 15 is 0 Å². The van der Waals surface area contributed by atoms with Crippen molar-refractivity contribution in [2.75, 3.05) is 5.32 Å². The Morgan fingerprint density at radius 1 is 1.23 bits per heavy atom. The van der Waals surface area contributed by atoms with Gasteiger partial charge in [-0.1, -0.05) is 12.1 Å². The fraction of sp³-hybridized carbons (Fsp3) is 0.294. The molecule has 0 aliphatic heterocycles. The maximum atomic E-state index is 14.0. The van der Waals surface area contributed by atoms with Crippen LogP contribution in [0.4, 0.5) is 10.2 Å². The average Bonchev–Trinajstić information content (AvgIpc) is 2.83. The van der Waals surface area contributed by atoms with Gasteiger partial charge >= 0.3 is 0 Å². The van der Waals surface area contributed by atoms with Crippen LogP contribution in [0.3, 0.4) is 0 Å². The van der Waals surface area contributed by atoms with Gasteiger partial charge in [-0.15, -0.1) is 0 Å². The summed E-state index contributed by atoms with van der Waals surface area (Å²) >= 11 is 0. The molecule has 1 aliphatic carbocycles. The molecule has 112 valence electrons. The Hall–Kier alpha value is -2.43. The van der Waals surface area contributed by atoms with Crippen LogP contribution < -0.4 is 5.32 Å². The molecule has 5 heteroatoms. The minimum Gasteiger partial charge on any atom is -0.367 e. The fourth-order valence-corrected chi connectivity index (χ4v) is 2.76. The van der Waals surface area contributed by atoms with Crippen molar-refractivity contribution in [2.45, 2.75) is 32.2 Å². The summed E-state index contributed by atoms with van der Waals surface area (Å²) in [6, 6.07) is 9.10. The molecule has 1 saturated carbocycles. The number of hydrogen-bond acceptors (Lipinski definition) is 3. The lowest BCUT2D eigenvalue weighted by molar-refractivity contribution is 0.445. The van der Waals surface area contributed by atoms with Crippen molar-refractivity contribution in [1.29, 1.82) is 0 Å². The standard InChI is InChI=1S/C17H17FN4/c1-10-9-13-16(19-10)21-15(12-7-2-3-8-14(12)18)22-17(13)20-11-5-4-6-11/h2-3,7-9,11H,4-6H2,1H3,(H2,19,20,21,22). The smallest absolute Gasteiger partial charge is 0.166 e. The van der Waals surface area contributed by atoms with E-state index in [0.29, 0.717) is 17.4 Å². The molecule has 0 bridgehead atoms. The lowest BCUT2D eigenvalue weighted by Crippen LogP contribution is -2.27. The summed E-state index contributed by atoms with van der Waals surface area (Å²) in [6.07, 6.45) is 3.56. The number of halogens is 1. The van der Waals surface area contributed by atoms with Gasteiger partial charge in [0.25, 0.3) is 0 Å². The van der Waals surface area contributed by atoms with Crippen molar-refractivity contribution >= 4 is 16.9 Å². The maximum absolute atomic E-state index is 14.0. The lowest BCUT2D eigenvalue weighted by Gasteiger charge is -2.27. The number of benzene rings is 1. The van der Waals surface area contributed by atoms with Gasteiger partial charge in [0.15, 0.2) is 5.82 Å². The molecule has 3 aromatic rings. The Morgan fingerprint density at radius 2 is 2.05 bits per heavy atom. The van der Waals surface area contributed by atoms with Crippen LogP contribution in [0.2, 0.25) is 0 Å². The molecule has 2 heterocycles. The van der Waals surface area contributed by atoms with Gasteiger partial charge in [0.1, 0.15) is 17.3 Å². The van der Waals surface area contributed by atoms with E-state index in [1.807, 2.05) is 13.0 Å². The van der Waals surface area contributed by atoms with E-state index in [1.165, 1.54) is 12.5 Å².